The zero-order valence-corrected chi connectivity index (χ0v) is 21.5. The molecule has 0 amide bonds. The van der Waals surface area contributed by atoms with Crippen molar-refractivity contribution in [2.75, 3.05) is 6.54 Å². The second-order valence-electron chi connectivity index (χ2n) is 9.98. The molecule has 2 nitrogen and oxygen atoms in total. The molecule has 2 aromatic carbocycles. The molecule has 1 heterocycles. The van der Waals surface area contributed by atoms with Crippen LogP contribution in [-0.2, 0) is 25.8 Å². The summed E-state index contributed by atoms with van der Waals surface area (Å²) in [5.74, 6) is 0.193. The van der Waals surface area contributed by atoms with Crippen LogP contribution in [0.15, 0.2) is 61.2 Å². The van der Waals surface area contributed by atoms with Crippen molar-refractivity contribution in [2.45, 2.75) is 58.9 Å². The molecule has 0 saturated carbocycles. The van der Waals surface area contributed by atoms with E-state index in [1.54, 1.807) is 0 Å². The number of aliphatic hydroxyl groups excluding tert-OH is 1. The molecule has 1 N–H and O–H groups in total. The molecule has 0 bridgehead atoms. The highest BCUT2D eigenvalue weighted by Gasteiger charge is 2.31. The number of thiophene rings is 1. The van der Waals surface area contributed by atoms with E-state index < -0.39 is 0 Å². The van der Waals surface area contributed by atoms with Crippen molar-refractivity contribution in [3.05, 3.63) is 88.3 Å². The summed E-state index contributed by atoms with van der Waals surface area (Å²) in [4.78, 5) is 2.57. The lowest BCUT2D eigenvalue weighted by atomic mass is 9.75. The van der Waals surface area contributed by atoms with Crippen LogP contribution in [0.5, 0.6) is 0 Å². The first-order chi connectivity index (χ1) is 15.8. The first kappa shape index (κ1) is 24.1. The molecule has 0 atom stereocenters. The van der Waals surface area contributed by atoms with Crippen LogP contribution in [0.4, 0.5) is 0 Å². The molecule has 0 saturated heterocycles. The van der Waals surface area contributed by atoms with Gasteiger partial charge in [-0.05, 0) is 66.2 Å². The second kappa shape index (κ2) is 10.5. The summed E-state index contributed by atoms with van der Waals surface area (Å²) >= 11 is 6.63. The SMILES string of the molecule is C=C(O)c1c(-c2ccccc2CN(S)CCCCc2ccccc2)sc2c1CC(C)(C)CC2. The van der Waals surface area contributed by atoms with Gasteiger partial charge in [-0.15, -0.1) is 11.3 Å². The summed E-state index contributed by atoms with van der Waals surface area (Å²) in [5.41, 5.74) is 6.37. The predicted octanol–water partition coefficient (Wildman–Crippen LogP) is 8.13. The van der Waals surface area contributed by atoms with Gasteiger partial charge in [0.2, 0.25) is 0 Å². The Hall–Kier alpha value is -2.01. The van der Waals surface area contributed by atoms with Crippen molar-refractivity contribution in [2.24, 2.45) is 5.41 Å². The minimum Gasteiger partial charge on any atom is -0.508 e. The van der Waals surface area contributed by atoms with Gasteiger partial charge < -0.3 is 5.11 Å². The molecule has 1 aliphatic rings. The standard InChI is InChI=1S/C29H35NOS2/c1-21(31)27-25-19-29(2,3)17-16-26(25)33-28(27)24-15-8-7-14-23(24)20-30(32)18-10-9-13-22-11-5-4-6-12-22/h4-8,11-12,14-15,31-32H,1,9-10,13,16-20H2,2-3H3. The Bertz CT molecular complexity index is 1100. The Morgan fingerprint density at radius 2 is 1.82 bits per heavy atom. The molecule has 33 heavy (non-hydrogen) atoms. The van der Waals surface area contributed by atoms with Crippen LogP contribution in [0, 0.1) is 5.41 Å². The number of fused-ring (bicyclic) bond motifs is 1. The van der Waals surface area contributed by atoms with Crippen LogP contribution in [0.3, 0.4) is 0 Å². The van der Waals surface area contributed by atoms with Gasteiger partial charge in [0.15, 0.2) is 0 Å². The molecule has 1 aromatic heterocycles. The number of aryl methyl sites for hydroxylation is 2. The van der Waals surface area contributed by atoms with E-state index in [1.165, 1.54) is 33.6 Å². The van der Waals surface area contributed by atoms with E-state index in [4.69, 9.17) is 12.8 Å². The molecule has 3 aromatic rings. The average molecular weight is 478 g/mol. The molecule has 0 fully saturated rings. The number of benzene rings is 2. The van der Waals surface area contributed by atoms with Gasteiger partial charge in [-0.1, -0.05) is 87.8 Å². The largest absolute Gasteiger partial charge is 0.508 e. The number of hydrogen-bond acceptors (Lipinski definition) is 4. The quantitative estimate of drug-likeness (QED) is 0.185. The third kappa shape index (κ3) is 5.92. The van der Waals surface area contributed by atoms with Crippen molar-refractivity contribution >= 4 is 29.9 Å². The number of nitrogens with zero attached hydrogens (tertiary/aromatic N) is 1. The summed E-state index contributed by atoms with van der Waals surface area (Å²) in [6.07, 6.45) is 6.64. The Labute approximate surface area is 208 Å². The fourth-order valence-corrected chi connectivity index (χ4v) is 6.53. The van der Waals surface area contributed by atoms with Gasteiger partial charge in [0.05, 0.1) is 0 Å². The number of hydrogen-bond donors (Lipinski definition) is 2. The molecule has 4 heteroatoms. The monoisotopic (exact) mass is 477 g/mol. The van der Waals surface area contributed by atoms with Gasteiger partial charge in [0.25, 0.3) is 0 Å². The van der Waals surface area contributed by atoms with Crippen LogP contribution in [0.25, 0.3) is 16.2 Å². The van der Waals surface area contributed by atoms with Crippen molar-refractivity contribution in [1.82, 2.24) is 4.31 Å². The van der Waals surface area contributed by atoms with Crippen molar-refractivity contribution in [3.63, 3.8) is 0 Å². The summed E-state index contributed by atoms with van der Waals surface area (Å²) in [5, 5.41) is 10.6. The van der Waals surface area contributed by atoms with E-state index in [0.717, 1.165) is 55.6 Å². The number of aliphatic hydroxyl groups is 1. The van der Waals surface area contributed by atoms with Gasteiger partial charge in [-0.25, -0.2) is 4.31 Å². The fourth-order valence-electron chi connectivity index (χ4n) is 4.84. The van der Waals surface area contributed by atoms with E-state index >= 15 is 0 Å². The Kier molecular flexibility index (Phi) is 7.68. The number of unbranched alkanes of at least 4 members (excludes halogenated alkanes) is 1. The van der Waals surface area contributed by atoms with E-state index in [9.17, 15) is 5.11 Å². The normalized spacial score (nSPS) is 14.9. The van der Waals surface area contributed by atoms with E-state index in [2.05, 4.69) is 79.3 Å². The lowest BCUT2D eigenvalue weighted by Crippen LogP contribution is -2.21. The smallest absolute Gasteiger partial charge is 0.117 e. The second-order valence-corrected chi connectivity index (χ2v) is 11.7. The summed E-state index contributed by atoms with van der Waals surface area (Å²) in [6.45, 7) is 10.3. The third-order valence-corrected chi connectivity index (χ3v) is 8.32. The van der Waals surface area contributed by atoms with Crippen molar-refractivity contribution in [1.29, 1.82) is 0 Å². The first-order valence-corrected chi connectivity index (χ1v) is 13.1. The molecule has 4 rings (SSSR count). The molecular formula is C29H35NOS2. The molecule has 0 spiro atoms. The van der Waals surface area contributed by atoms with Crippen LogP contribution >= 0.6 is 24.2 Å². The number of thiol groups is 1. The van der Waals surface area contributed by atoms with Gasteiger partial charge in [0, 0.05) is 28.4 Å². The zero-order chi connectivity index (χ0) is 23.4. The highest BCUT2D eigenvalue weighted by atomic mass is 32.1. The lowest BCUT2D eigenvalue weighted by Gasteiger charge is -2.30. The first-order valence-electron chi connectivity index (χ1n) is 11.9. The number of rotatable bonds is 9. The summed E-state index contributed by atoms with van der Waals surface area (Å²) < 4.78 is 2.12. The van der Waals surface area contributed by atoms with E-state index in [1.807, 2.05) is 11.3 Å². The maximum absolute atomic E-state index is 10.6. The van der Waals surface area contributed by atoms with Gasteiger partial charge in [-0.2, -0.15) is 0 Å². The zero-order valence-electron chi connectivity index (χ0n) is 19.8. The topological polar surface area (TPSA) is 23.5 Å². The van der Waals surface area contributed by atoms with Crippen LogP contribution in [0.2, 0.25) is 0 Å². The van der Waals surface area contributed by atoms with E-state index in [-0.39, 0.29) is 11.2 Å². The van der Waals surface area contributed by atoms with Gasteiger partial charge in [0.1, 0.15) is 5.76 Å². The molecule has 174 valence electrons. The molecule has 1 aliphatic carbocycles. The Morgan fingerprint density at radius 3 is 2.58 bits per heavy atom. The highest BCUT2D eigenvalue weighted by molar-refractivity contribution is 7.77. The van der Waals surface area contributed by atoms with E-state index in [0.29, 0.717) is 0 Å². The maximum Gasteiger partial charge on any atom is 0.117 e. The van der Waals surface area contributed by atoms with Gasteiger partial charge in [-0.3, -0.25) is 0 Å². The third-order valence-electron chi connectivity index (χ3n) is 6.65. The molecule has 0 unspecified atom stereocenters. The van der Waals surface area contributed by atoms with Crippen LogP contribution in [0.1, 0.15) is 60.2 Å². The molecule has 0 radical (unpaired) electrons. The van der Waals surface area contributed by atoms with Crippen LogP contribution < -0.4 is 0 Å². The minimum absolute atomic E-state index is 0.193. The lowest BCUT2D eigenvalue weighted by molar-refractivity contribution is 0.317. The average Bonchev–Trinajstić information content (AvgIpc) is 3.15. The molecule has 0 aliphatic heterocycles. The van der Waals surface area contributed by atoms with Gasteiger partial charge >= 0.3 is 0 Å². The molecular weight excluding hydrogens is 442 g/mol. The fraction of sp³-hybridized carbons (Fsp3) is 0.379. The van der Waals surface area contributed by atoms with Crippen molar-refractivity contribution in [3.8, 4) is 10.4 Å². The van der Waals surface area contributed by atoms with Crippen molar-refractivity contribution < 1.29 is 5.11 Å². The highest BCUT2D eigenvalue weighted by Crippen LogP contribution is 2.47. The predicted molar refractivity (Wildman–Crippen MR) is 146 cm³/mol. The Morgan fingerprint density at radius 1 is 1.09 bits per heavy atom. The summed E-state index contributed by atoms with van der Waals surface area (Å²) in [6, 6.07) is 19.2. The minimum atomic E-state index is 0.193. The Balaban J connectivity index is 1.49. The summed E-state index contributed by atoms with van der Waals surface area (Å²) in [7, 11) is 0. The van der Waals surface area contributed by atoms with Crippen LogP contribution in [-0.4, -0.2) is 16.0 Å². The maximum atomic E-state index is 10.6.